The SMILES string of the molecule is Cn1cc(CCN2CCN(CC#N)CC2)cn1. The molecule has 1 aromatic rings. The molecular formula is C12H19N5. The number of nitrogens with zero attached hydrogens (tertiary/aromatic N) is 5. The Labute approximate surface area is 102 Å². The summed E-state index contributed by atoms with van der Waals surface area (Å²) in [7, 11) is 1.95. The largest absolute Gasteiger partial charge is 0.300 e. The molecule has 1 fully saturated rings. The van der Waals surface area contributed by atoms with Crippen molar-refractivity contribution in [2.24, 2.45) is 7.05 Å². The third-order valence-corrected chi connectivity index (χ3v) is 3.23. The number of hydrogen-bond donors (Lipinski definition) is 0. The Balaban J connectivity index is 1.70. The van der Waals surface area contributed by atoms with Crippen molar-refractivity contribution in [3.05, 3.63) is 18.0 Å². The average Bonchev–Trinajstić information content (AvgIpc) is 2.75. The van der Waals surface area contributed by atoms with Crippen LogP contribution in [0.3, 0.4) is 0 Å². The van der Waals surface area contributed by atoms with E-state index >= 15 is 0 Å². The summed E-state index contributed by atoms with van der Waals surface area (Å²) in [5.74, 6) is 0. The van der Waals surface area contributed by atoms with Gasteiger partial charge < -0.3 is 4.90 Å². The molecule has 5 nitrogen and oxygen atoms in total. The highest BCUT2D eigenvalue weighted by Gasteiger charge is 2.15. The summed E-state index contributed by atoms with van der Waals surface area (Å²) in [5, 5.41) is 12.8. The van der Waals surface area contributed by atoms with Gasteiger partial charge >= 0.3 is 0 Å². The van der Waals surface area contributed by atoms with Gasteiger partial charge in [0.25, 0.3) is 0 Å². The van der Waals surface area contributed by atoms with Gasteiger partial charge in [0, 0.05) is 46.0 Å². The average molecular weight is 233 g/mol. The molecule has 0 bridgehead atoms. The molecule has 1 saturated heterocycles. The smallest absolute Gasteiger partial charge is 0.0866 e. The first-order valence-electron chi connectivity index (χ1n) is 6.07. The van der Waals surface area contributed by atoms with Gasteiger partial charge in [0.05, 0.1) is 18.8 Å². The second-order valence-electron chi connectivity index (χ2n) is 4.55. The second-order valence-corrected chi connectivity index (χ2v) is 4.55. The molecule has 0 aliphatic carbocycles. The highest BCUT2D eigenvalue weighted by atomic mass is 15.3. The lowest BCUT2D eigenvalue weighted by atomic mass is 10.2. The minimum atomic E-state index is 0.566. The zero-order valence-electron chi connectivity index (χ0n) is 10.3. The van der Waals surface area contributed by atoms with Gasteiger partial charge in [-0.3, -0.25) is 9.58 Å². The van der Waals surface area contributed by atoms with Crippen LogP contribution in [0.1, 0.15) is 5.56 Å². The minimum Gasteiger partial charge on any atom is -0.300 e. The Morgan fingerprint density at radius 2 is 2.00 bits per heavy atom. The monoisotopic (exact) mass is 233 g/mol. The van der Waals surface area contributed by atoms with E-state index in [0.717, 1.165) is 39.1 Å². The fraction of sp³-hybridized carbons (Fsp3) is 0.667. The van der Waals surface area contributed by atoms with Crippen LogP contribution in [0.5, 0.6) is 0 Å². The summed E-state index contributed by atoms with van der Waals surface area (Å²) < 4.78 is 1.85. The van der Waals surface area contributed by atoms with E-state index in [4.69, 9.17) is 5.26 Å². The van der Waals surface area contributed by atoms with Crippen LogP contribution in [0, 0.1) is 11.3 Å². The van der Waals surface area contributed by atoms with Crippen LogP contribution in [-0.2, 0) is 13.5 Å². The third-order valence-electron chi connectivity index (χ3n) is 3.23. The number of aromatic nitrogens is 2. The van der Waals surface area contributed by atoms with Gasteiger partial charge in [0.2, 0.25) is 0 Å². The summed E-state index contributed by atoms with van der Waals surface area (Å²) in [5.41, 5.74) is 1.30. The molecule has 0 atom stereocenters. The van der Waals surface area contributed by atoms with Crippen molar-refractivity contribution < 1.29 is 0 Å². The molecule has 0 amide bonds. The maximum atomic E-state index is 8.62. The molecule has 0 unspecified atom stereocenters. The second kappa shape index (κ2) is 5.80. The molecule has 1 aliphatic heterocycles. The lowest BCUT2D eigenvalue weighted by molar-refractivity contribution is 0.145. The summed E-state index contributed by atoms with van der Waals surface area (Å²) in [6.07, 6.45) is 5.07. The molecule has 2 rings (SSSR count). The van der Waals surface area contributed by atoms with Gasteiger partial charge in [0.15, 0.2) is 0 Å². The predicted octanol–water partition coefficient (Wildman–Crippen LogP) is 0.104. The molecule has 92 valence electrons. The molecule has 0 saturated carbocycles. The Morgan fingerprint density at radius 3 is 2.59 bits per heavy atom. The Kier molecular flexibility index (Phi) is 4.13. The molecule has 0 N–H and O–H groups in total. The van der Waals surface area contributed by atoms with Crippen molar-refractivity contribution in [3.8, 4) is 6.07 Å². The lowest BCUT2D eigenvalue weighted by Gasteiger charge is -2.33. The van der Waals surface area contributed by atoms with Crippen LogP contribution in [0.25, 0.3) is 0 Å². The number of nitriles is 1. The first-order valence-corrected chi connectivity index (χ1v) is 6.07. The van der Waals surface area contributed by atoms with Gasteiger partial charge in [-0.1, -0.05) is 0 Å². The summed E-state index contributed by atoms with van der Waals surface area (Å²) in [6, 6.07) is 2.21. The van der Waals surface area contributed by atoms with Crippen molar-refractivity contribution in [3.63, 3.8) is 0 Å². The van der Waals surface area contributed by atoms with E-state index in [1.807, 2.05) is 17.9 Å². The van der Waals surface area contributed by atoms with Gasteiger partial charge in [-0.25, -0.2) is 0 Å². The fourth-order valence-electron chi connectivity index (χ4n) is 2.16. The highest BCUT2D eigenvalue weighted by molar-refractivity contribution is 5.04. The van der Waals surface area contributed by atoms with E-state index in [1.165, 1.54) is 5.56 Å². The minimum absolute atomic E-state index is 0.566. The Bertz CT molecular complexity index is 384. The molecule has 0 radical (unpaired) electrons. The van der Waals surface area contributed by atoms with Crippen molar-refractivity contribution in [2.45, 2.75) is 6.42 Å². The van der Waals surface area contributed by atoms with E-state index < -0.39 is 0 Å². The quantitative estimate of drug-likeness (QED) is 0.692. The molecule has 5 heteroatoms. The van der Waals surface area contributed by atoms with Crippen LogP contribution >= 0.6 is 0 Å². The first-order chi connectivity index (χ1) is 8.28. The van der Waals surface area contributed by atoms with Crippen molar-refractivity contribution >= 4 is 0 Å². The van der Waals surface area contributed by atoms with Crippen LogP contribution < -0.4 is 0 Å². The van der Waals surface area contributed by atoms with Crippen molar-refractivity contribution in [2.75, 3.05) is 39.3 Å². The van der Waals surface area contributed by atoms with Crippen LogP contribution in [0.15, 0.2) is 12.4 Å². The summed E-state index contributed by atoms with van der Waals surface area (Å²) in [4.78, 5) is 4.67. The standard InChI is InChI=1S/C12H19N5/c1-15-11-12(10-14-15)2-4-16-6-8-17(5-3-13)9-7-16/h10-11H,2,4-9H2,1H3. The highest BCUT2D eigenvalue weighted by Crippen LogP contribution is 2.04. The molecule has 1 aliphatic rings. The molecule has 0 aromatic carbocycles. The Hall–Kier alpha value is -1.38. The molecule has 0 spiro atoms. The maximum absolute atomic E-state index is 8.62. The first kappa shape index (κ1) is 12.1. The predicted molar refractivity (Wildman–Crippen MR) is 65.4 cm³/mol. The van der Waals surface area contributed by atoms with Crippen LogP contribution in [-0.4, -0.2) is 58.8 Å². The van der Waals surface area contributed by atoms with Gasteiger partial charge in [-0.15, -0.1) is 0 Å². The third kappa shape index (κ3) is 3.55. The molecule has 17 heavy (non-hydrogen) atoms. The van der Waals surface area contributed by atoms with Gasteiger partial charge in [-0.05, 0) is 12.0 Å². The van der Waals surface area contributed by atoms with E-state index in [2.05, 4.69) is 27.2 Å². The van der Waals surface area contributed by atoms with Crippen LogP contribution in [0.4, 0.5) is 0 Å². The maximum Gasteiger partial charge on any atom is 0.0866 e. The normalized spacial score (nSPS) is 18.1. The zero-order chi connectivity index (χ0) is 12.1. The van der Waals surface area contributed by atoms with E-state index in [1.54, 1.807) is 0 Å². The Morgan fingerprint density at radius 1 is 1.29 bits per heavy atom. The van der Waals surface area contributed by atoms with E-state index in [-0.39, 0.29) is 0 Å². The molecular weight excluding hydrogens is 214 g/mol. The lowest BCUT2D eigenvalue weighted by Crippen LogP contribution is -2.46. The number of hydrogen-bond acceptors (Lipinski definition) is 4. The summed E-state index contributed by atoms with van der Waals surface area (Å²) in [6.45, 7) is 5.83. The van der Waals surface area contributed by atoms with Crippen LogP contribution in [0.2, 0.25) is 0 Å². The summed E-state index contributed by atoms with van der Waals surface area (Å²) >= 11 is 0. The van der Waals surface area contributed by atoms with E-state index in [9.17, 15) is 0 Å². The van der Waals surface area contributed by atoms with E-state index in [0.29, 0.717) is 6.54 Å². The van der Waals surface area contributed by atoms with Gasteiger partial charge in [0.1, 0.15) is 0 Å². The van der Waals surface area contributed by atoms with Gasteiger partial charge in [-0.2, -0.15) is 10.4 Å². The number of piperazine rings is 1. The number of aryl methyl sites for hydroxylation is 1. The zero-order valence-corrected chi connectivity index (χ0v) is 10.3. The fourth-order valence-corrected chi connectivity index (χ4v) is 2.16. The molecule has 1 aromatic heterocycles. The molecule has 2 heterocycles. The number of rotatable bonds is 4. The topological polar surface area (TPSA) is 48.1 Å². The van der Waals surface area contributed by atoms with Crippen molar-refractivity contribution in [1.82, 2.24) is 19.6 Å². The van der Waals surface area contributed by atoms with Crippen molar-refractivity contribution in [1.29, 1.82) is 5.26 Å².